The van der Waals surface area contributed by atoms with Crippen molar-refractivity contribution in [3.05, 3.63) is 64.7 Å². The third-order valence-electron chi connectivity index (χ3n) is 5.75. The molecule has 0 aromatic heterocycles. The molecule has 1 aliphatic heterocycles. The fourth-order valence-corrected chi connectivity index (χ4v) is 4.19. The number of benzene rings is 2. The highest BCUT2D eigenvalue weighted by Gasteiger charge is 2.33. The van der Waals surface area contributed by atoms with Crippen molar-refractivity contribution < 1.29 is 27.9 Å². The van der Waals surface area contributed by atoms with Gasteiger partial charge in [-0.1, -0.05) is 18.2 Å². The molecular formula is C23H21F3N2O3. The van der Waals surface area contributed by atoms with Crippen LogP contribution in [0.2, 0.25) is 0 Å². The number of halogens is 3. The number of nitrogens with one attached hydrogen (secondary N) is 1. The van der Waals surface area contributed by atoms with Crippen LogP contribution in [-0.4, -0.2) is 30.1 Å². The Kier molecular flexibility index (Phi) is 5.58. The minimum Gasteiger partial charge on any atom is -0.393 e. The van der Waals surface area contributed by atoms with Crippen LogP contribution in [0.3, 0.4) is 0 Å². The van der Waals surface area contributed by atoms with Crippen molar-refractivity contribution >= 4 is 29.3 Å². The number of aliphatic hydroxyl groups is 1. The average molecular weight is 430 g/mol. The molecule has 0 bridgehead atoms. The zero-order chi connectivity index (χ0) is 22.2. The molecule has 2 amide bonds. The van der Waals surface area contributed by atoms with Gasteiger partial charge in [0.1, 0.15) is 0 Å². The van der Waals surface area contributed by atoms with E-state index < -0.39 is 23.8 Å². The molecule has 2 N–H and O–H groups in total. The first-order chi connectivity index (χ1) is 14.8. The van der Waals surface area contributed by atoms with Crippen molar-refractivity contribution in [3.8, 4) is 0 Å². The summed E-state index contributed by atoms with van der Waals surface area (Å²) >= 11 is 0. The molecule has 0 saturated heterocycles. The number of hydrogen-bond donors (Lipinski definition) is 2. The Labute approximate surface area is 177 Å². The fourth-order valence-electron chi connectivity index (χ4n) is 4.19. The highest BCUT2D eigenvalue weighted by atomic mass is 19.4. The summed E-state index contributed by atoms with van der Waals surface area (Å²) in [5.74, 6) is -0.408. The van der Waals surface area contributed by atoms with E-state index in [0.717, 1.165) is 29.7 Å². The summed E-state index contributed by atoms with van der Waals surface area (Å²) in [5.41, 5.74) is 2.87. The number of aliphatic hydroxyl groups excluding tert-OH is 1. The summed E-state index contributed by atoms with van der Waals surface area (Å²) in [6.45, 7) is 0.184. The molecule has 5 nitrogen and oxygen atoms in total. The summed E-state index contributed by atoms with van der Waals surface area (Å²) in [7, 11) is 0. The minimum absolute atomic E-state index is 0.135. The quantitative estimate of drug-likeness (QED) is 0.573. The van der Waals surface area contributed by atoms with Gasteiger partial charge in [-0.05, 0) is 54.2 Å². The van der Waals surface area contributed by atoms with Gasteiger partial charge in [0.15, 0.2) is 0 Å². The highest BCUT2D eigenvalue weighted by molar-refractivity contribution is 6.06. The van der Waals surface area contributed by atoms with Gasteiger partial charge in [0.2, 0.25) is 12.3 Å². The van der Waals surface area contributed by atoms with Crippen molar-refractivity contribution in [1.29, 1.82) is 0 Å². The Morgan fingerprint density at radius 1 is 1.19 bits per heavy atom. The Morgan fingerprint density at radius 2 is 2.00 bits per heavy atom. The number of aryl methyl sites for hydroxylation is 1. The van der Waals surface area contributed by atoms with Crippen molar-refractivity contribution in [2.45, 2.75) is 38.0 Å². The van der Waals surface area contributed by atoms with E-state index in [1.165, 1.54) is 17.0 Å². The van der Waals surface area contributed by atoms with Gasteiger partial charge in [-0.15, -0.1) is 0 Å². The summed E-state index contributed by atoms with van der Waals surface area (Å²) < 4.78 is 39.3. The fraction of sp³-hybridized carbons (Fsp3) is 0.304. The van der Waals surface area contributed by atoms with Crippen LogP contribution >= 0.6 is 0 Å². The third kappa shape index (κ3) is 4.34. The van der Waals surface area contributed by atoms with Crippen LogP contribution in [0, 0.1) is 0 Å². The van der Waals surface area contributed by atoms with E-state index in [1.807, 2.05) is 12.1 Å². The maximum absolute atomic E-state index is 13.1. The van der Waals surface area contributed by atoms with Crippen LogP contribution in [0.1, 0.15) is 35.1 Å². The van der Waals surface area contributed by atoms with E-state index in [2.05, 4.69) is 5.32 Å². The molecule has 0 radical (unpaired) electrons. The topological polar surface area (TPSA) is 69.6 Å². The van der Waals surface area contributed by atoms with Gasteiger partial charge >= 0.3 is 6.18 Å². The molecule has 1 aliphatic carbocycles. The molecule has 1 atom stereocenters. The molecule has 0 saturated carbocycles. The molecule has 2 aromatic carbocycles. The molecule has 2 aliphatic rings. The van der Waals surface area contributed by atoms with Crippen LogP contribution < -0.4 is 10.2 Å². The Bertz CT molecular complexity index is 1060. The SMILES string of the molecule is O=CN1CCC(=CC(=O)Nc2cccc3c2CC(O)CC3)c2ccc(C(F)(F)F)cc21. The van der Waals surface area contributed by atoms with Gasteiger partial charge in [0, 0.05) is 30.3 Å². The van der Waals surface area contributed by atoms with Gasteiger partial charge in [-0.3, -0.25) is 9.59 Å². The lowest BCUT2D eigenvalue weighted by Crippen LogP contribution is -2.28. The Balaban J connectivity index is 1.63. The van der Waals surface area contributed by atoms with Crippen molar-refractivity contribution in [2.75, 3.05) is 16.8 Å². The number of anilines is 2. The van der Waals surface area contributed by atoms with Gasteiger partial charge < -0.3 is 15.3 Å². The molecule has 31 heavy (non-hydrogen) atoms. The zero-order valence-corrected chi connectivity index (χ0v) is 16.6. The van der Waals surface area contributed by atoms with E-state index in [4.69, 9.17) is 0 Å². The highest BCUT2D eigenvalue weighted by Crippen LogP contribution is 2.39. The van der Waals surface area contributed by atoms with E-state index in [0.29, 0.717) is 42.5 Å². The standard InChI is InChI=1S/C23H21F3N2O3/c24-23(25,26)16-5-7-18-15(8-9-28(13-29)21(18)11-16)10-22(31)27-20-3-1-2-14-4-6-17(30)12-19(14)20/h1-3,5,7,10-11,13,17,30H,4,6,8-9,12H2,(H,27,31). The summed E-state index contributed by atoms with van der Waals surface area (Å²) in [5, 5.41) is 12.8. The van der Waals surface area contributed by atoms with Crippen molar-refractivity contribution in [3.63, 3.8) is 0 Å². The normalized spacial score (nSPS) is 19.5. The Hall–Kier alpha value is -3.13. The maximum Gasteiger partial charge on any atom is 0.416 e. The minimum atomic E-state index is -4.53. The lowest BCUT2D eigenvalue weighted by Gasteiger charge is -2.28. The van der Waals surface area contributed by atoms with E-state index in [9.17, 15) is 27.9 Å². The predicted molar refractivity (Wildman–Crippen MR) is 111 cm³/mol. The van der Waals surface area contributed by atoms with Gasteiger partial charge in [-0.2, -0.15) is 13.2 Å². The number of hydrogen-bond acceptors (Lipinski definition) is 3. The van der Waals surface area contributed by atoms with Crippen LogP contribution in [-0.2, 0) is 28.6 Å². The van der Waals surface area contributed by atoms with Gasteiger partial charge in [-0.25, -0.2) is 0 Å². The number of rotatable bonds is 3. The lowest BCUT2D eigenvalue weighted by molar-refractivity contribution is -0.137. The second kappa shape index (κ2) is 8.19. The summed E-state index contributed by atoms with van der Waals surface area (Å²) in [6, 6.07) is 8.77. The summed E-state index contributed by atoms with van der Waals surface area (Å²) in [4.78, 5) is 25.3. The van der Waals surface area contributed by atoms with Crippen LogP contribution in [0.4, 0.5) is 24.5 Å². The monoisotopic (exact) mass is 430 g/mol. The van der Waals surface area contributed by atoms with Crippen LogP contribution in [0.5, 0.6) is 0 Å². The van der Waals surface area contributed by atoms with Gasteiger partial charge in [0.05, 0.1) is 17.4 Å². The number of nitrogens with zero attached hydrogens (tertiary/aromatic N) is 1. The molecule has 1 heterocycles. The van der Waals surface area contributed by atoms with Gasteiger partial charge in [0.25, 0.3) is 0 Å². The number of carbonyl (C=O) groups is 2. The first kappa shape index (κ1) is 21.1. The van der Waals surface area contributed by atoms with E-state index in [-0.39, 0.29) is 12.2 Å². The van der Waals surface area contributed by atoms with Crippen molar-refractivity contribution in [1.82, 2.24) is 0 Å². The molecular weight excluding hydrogens is 409 g/mol. The predicted octanol–water partition coefficient (Wildman–Crippen LogP) is 3.94. The zero-order valence-electron chi connectivity index (χ0n) is 16.6. The molecule has 1 unspecified atom stereocenters. The van der Waals surface area contributed by atoms with E-state index in [1.54, 1.807) is 6.07 Å². The number of amides is 2. The van der Waals surface area contributed by atoms with Crippen molar-refractivity contribution in [2.24, 2.45) is 0 Å². The first-order valence-corrected chi connectivity index (χ1v) is 10.00. The first-order valence-electron chi connectivity index (χ1n) is 10.00. The molecule has 162 valence electrons. The molecule has 0 fully saturated rings. The summed E-state index contributed by atoms with van der Waals surface area (Å²) in [6.07, 6.45) is -0.901. The second-order valence-corrected chi connectivity index (χ2v) is 7.78. The van der Waals surface area contributed by atoms with Crippen LogP contribution in [0.15, 0.2) is 42.5 Å². The third-order valence-corrected chi connectivity index (χ3v) is 5.75. The van der Waals surface area contributed by atoms with E-state index >= 15 is 0 Å². The largest absolute Gasteiger partial charge is 0.416 e. The van der Waals surface area contributed by atoms with Crippen LogP contribution in [0.25, 0.3) is 5.57 Å². The Morgan fingerprint density at radius 3 is 2.74 bits per heavy atom. The number of alkyl halides is 3. The smallest absolute Gasteiger partial charge is 0.393 e. The number of fused-ring (bicyclic) bond motifs is 2. The molecule has 2 aromatic rings. The molecule has 8 heteroatoms. The number of carbonyl (C=O) groups excluding carboxylic acids is 2. The maximum atomic E-state index is 13.1. The second-order valence-electron chi connectivity index (χ2n) is 7.78. The molecule has 4 rings (SSSR count). The average Bonchev–Trinajstić information content (AvgIpc) is 2.73. The lowest BCUT2D eigenvalue weighted by atomic mass is 9.88. The molecule has 0 spiro atoms.